The Balaban J connectivity index is 2.08. The summed E-state index contributed by atoms with van der Waals surface area (Å²) in [5.41, 5.74) is 0.421. The average molecular weight is 338 g/mol. The fourth-order valence-corrected chi connectivity index (χ4v) is 5.08. The first-order valence-electron chi connectivity index (χ1n) is 5.42. The van der Waals surface area contributed by atoms with Crippen LogP contribution in [-0.4, -0.2) is 24.9 Å². The molecule has 0 fully saturated rings. The molecular formula is C10H12ClN3O2S3. The fraction of sp³-hybridized carbons (Fsp3) is 0.400. The third-order valence-corrected chi connectivity index (χ3v) is 6.73. The maximum absolute atomic E-state index is 12.1. The van der Waals surface area contributed by atoms with E-state index < -0.39 is 10.0 Å². The smallest absolute Gasteiger partial charge is 0.249 e. The Morgan fingerprint density at radius 1 is 1.53 bits per heavy atom. The summed E-state index contributed by atoms with van der Waals surface area (Å²) in [7, 11) is -3.56. The van der Waals surface area contributed by atoms with Gasteiger partial charge in [-0.2, -0.15) is 0 Å². The minimum Gasteiger partial charge on any atom is -0.249 e. The summed E-state index contributed by atoms with van der Waals surface area (Å²) in [6, 6.07) is 0. The van der Waals surface area contributed by atoms with Crippen molar-refractivity contribution in [3.05, 3.63) is 26.7 Å². The van der Waals surface area contributed by atoms with Crippen LogP contribution < -0.4 is 4.72 Å². The molecule has 104 valence electrons. The number of nitrogens with zero attached hydrogens (tertiary/aromatic N) is 2. The third-order valence-electron chi connectivity index (χ3n) is 2.42. The van der Waals surface area contributed by atoms with Crippen molar-refractivity contribution in [2.75, 3.05) is 6.54 Å². The Morgan fingerprint density at radius 2 is 2.26 bits per heavy atom. The van der Waals surface area contributed by atoms with Crippen LogP contribution in [0.5, 0.6) is 0 Å². The van der Waals surface area contributed by atoms with Crippen LogP contribution in [0.2, 0.25) is 4.47 Å². The highest BCUT2D eigenvalue weighted by Crippen LogP contribution is 2.27. The Morgan fingerprint density at radius 3 is 2.79 bits per heavy atom. The molecule has 0 aliphatic carbocycles. The number of sulfonamides is 1. The van der Waals surface area contributed by atoms with Gasteiger partial charge in [0.15, 0.2) is 8.68 Å². The minimum atomic E-state index is -3.56. The van der Waals surface area contributed by atoms with Crippen molar-refractivity contribution >= 4 is 44.3 Å². The summed E-state index contributed by atoms with van der Waals surface area (Å²) in [5, 5.41) is 2.77. The quantitative estimate of drug-likeness (QED) is 0.910. The molecule has 2 aromatic rings. The highest BCUT2D eigenvalue weighted by atomic mass is 35.5. The van der Waals surface area contributed by atoms with Crippen LogP contribution in [0, 0.1) is 6.92 Å². The molecule has 0 aromatic carbocycles. The van der Waals surface area contributed by atoms with Crippen LogP contribution in [-0.2, 0) is 10.0 Å². The lowest BCUT2D eigenvalue weighted by atomic mass is 10.2. The lowest BCUT2D eigenvalue weighted by Crippen LogP contribution is -2.27. The molecule has 2 heterocycles. The molecule has 0 radical (unpaired) electrons. The second-order valence-electron chi connectivity index (χ2n) is 3.96. The Labute approximate surface area is 124 Å². The Bertz CT molecular complexity index is 652. The van der Waals surface area contributed by atoms with Gasteiger partial charge in [-0.25, -0.2) is 23.1 Å². The number of aromatic nitrogens is 2. The van der Waals surface area contributed by atoms with Crippen LogP contribution in [0.4, 0.5) is 0 Å². The first-order valence-corrected chi connectivity index (χ1v) is 8.98. The van der Waals surface area contributed by atoms with E-state index in [2.05, 4.69) is 14.7 Å². The van der Waals surface area contributed by atoms with E-state index in [9.17, 15) is 8.42 Å². The van der Waals surface area contributed by atoms with Gasteiger partial charge >= 0.3 is 0 Å². The van der Waals surface area contributed by atoms with E-state index in [1.165, 1.54) is 11.3 Å². The second-order valence-corrected chi connectivity index (χ2v) is 8.43. The molecule has 2 rings (SSSR count). The highest BCUT2D eigenvalue weighted by Gasteiger charge is 2.22. The molecule has 0 aliphatic heterocycles. The zero-order chi connectivity index (χ0) is 14.0. The van der Waals surface area contributed by atoms with Gasteiger partial charge in [0.05, 0.1) is 10.7 Å². The first-order chi connectivity index (χ1) is 8.90. The fourth-order valence-electron chi connectivity index (χ4n) is 1.47. The van der Waals surface area contributed by atoms with Crippen molar-refractivity contribution in [3.8, 4) is 0 Å². The van der Waals surface area contributed by atoms with E-state index in [1.54, 1.807) is 13.1 Å². The van der Waals surface area contributed by atoms with E-state index >= 15 is 0 Å². The molecule has 0 bridgehead atoms. The third kappa shape index (κ3) is 3.51. The number of aryl methyl sites for hydroxylation is 1. The summed E-state index contributed by atoms with van der Waals surface area (Å²) in [6.07, 6.45) is 1.71. The van der Waals surface area contributed by atoms with Gasteiger partial charge in [-0.15, -0.1) is 11.3 Å². The summed E-state index contributed by atoms with van der Waals surface area (Å²) < 4.78 is 27.2. The SMILES string of the molecule is Cc1nc(Cl)sc1S(=O)(=O)NCC(C)c1nccs1. The number of hydrogen-bond donors (Lipinski definition) is 1. The van der Waals surface area contributed by atoms with Crippen molar-refractivity contribution in [2.24, 2.45) is 0 Å². The molecule has 5 nitrogen and oxygen atoms in total. The zero-order valence-corrected chi connectivity index (χ0v) is 13.5. The lowest BCUT2D eigenvalue weighted by molar-refractivity contribution is 0.576. The van der Waals surface area contributed by atoms with Crippen LogP contribution >= 0.6 is 34.3 Å². The maximum Gasteiger partial charge on any atom is 0.252 e. The molecule has 0 saturated heterocycles. The summed E-state index contributed by atoms with van der Waals surface area (Å²) >= 11 is 8.19. The van der Waals surface area contributed by atoms with Gasteiger partial charge in [0, 0.05) is 24.0 Å². The summed E-state index contributed by atoms with van der Waals surface area (Å²) in [4.78, 5) is 8.07. The van der Waals surface area contributed by atoms with Crippen molar-refractivity contribution < 1.29 is 8.42 Å². The molecule has 9 heteroatoms. The molecule has 1 N–H and O–H groups in total. The summed E-state index contributed by atoms with van der Waals surface area (Å²) in [6.45, 7) is 3.85. The highest BCUT2D eigenvalue weighted by molar-refractivity contribution is 7.91. The topological polar surface area (TPSA) is 72.0 Å². The average Bonchev–Trinajstić information content (AvgIpc) is 2.96. The van der Waals surface area contributed by atoms with Gasteiger partial charge in [0.25, 0.3) is 10.0 Å². The van der Waals surface area contributed by atoms with E-state index in [0.717, 1.165) is 16.3 Å². The standard InChI is InChI=1S/C10H12ClN3O2S3/c1-6(8-12-3-4-17-8)5-13-19(15,16)9-7(2)14-10(11)18-9/h3-4,6,13H,5H2,1-2H3. The van der Waals surface area contributed by atoms with Gasteiger partial charge in [-0.3, -0.25) is 0 Å². The van der Waals surface area contributed by atoms with E-state index in [0.29, 0.717) is 12.2 Å². The Kier molecular flexibility index (Phi) is 4.57. The van der Waals surface area contributed by atoms with Crippen molar-refractivity contribution in [2.45, 2.75) is 24.0 Å². The number of nitrogens with one attached hydrogen (secondary N) is 1. The number of halogens is 1. The Hall–Kier alpha value is -0.540. The van der Waals surface area contributed by atoms with Crippen LogP contribution in [0.15, 0.2) is 15.8 Å². The van der Waals surface area contributed by atoms with E-state index in [-0.39, 0.29) is 14.6 Å². The van der Waals surface area contributed by atoms with Crippen molar-refractivity contribution in [1.82, 2.24) is 14.7 Å². The number of thiazole rings is 2. The van der Waals surface area contributed by atoms with Gasteiger partial charge in [-0.1, -0.05) is 29.9 Å². The molecule has 0 saturated carbocycles. The van der Waals surface area contributed by atoms with E-state index in [1.807, 2.05) is 12.3 Å². The molecule has 0 aliphatic rings. The maximum atomic E-state index is 12.1. The molecular weight excluding hydrogens is 326 g/mol. The lowest BCUT2D eigenvalue weighted by Gasteiger charge is -2.09. The second kappa shape index (κ2) is 5.84. The zero-order valence-electron chi connectivity index (χ0n) is 10.3. The minimum absolute atomic E-state index is 0.0264. The molecule has 19 heavy (non-hydrogen) atoms. The van der Waals surface area contributed by atoms with Crippen LogP contribution in [0.25, 0.3) is 0 Å². The largest absolute Gasteiger partial charge is 0.252 e. The van der Waals surface area contributed by atoms with Crippen molar-refractivity contribution in [1.29, 1.82) is 0 Å². The van der Waals surface area contributed by atoms with Gasteiger partial charge in [0.2, 0.25) is 0 Å². The normalized spacial score (nSPS) is 13.6. The summed E-state index contributed by atoms with van der Waals surface area (Å²) in [5.74, 6) is 0.0264. The predicted molar refractivity (Wildman–Crippen MR) is 77.6 cm³/mol. The molecule has 1 atom stereocenters. The molecule has 0 spiro atoms. The first kappa shape index (κ1) is 14.9. The number of hydrogen-bond acceptors (Lipinski definition) is 6. The van der Waals surface area contributed by atoms with Gasteiger partial charge < -0.3 is 0 Å². The van der Waals surface area contributed by atoms with Crippen LogP contribution in [0.3, 0.4) is 0 Å². The van der Waals surface area contributed by atoms with Crippen molar-refractivity contribution in [3.63, 3.8) is 0 Å². The number of rotatable bonds is 5. The molecule has 2 aromatic heterocycles. The monoisotopic (exact) mass is 337 g/mol. The van der Waals surface area contributed by atoms with Gasteiger partial charge in [-0.05, 0) is 6.92 Å². The predicted octanol–water partition coefficient (Wildman–Crippen LogP) is 2.64. The van der Waals surface area contributed by atoms with Crippen LogP contribution in [0.1, 0.15) is 23.5 Å². The van der Waals surface area contributed by atoms with E-state index in [4.69, 9.17) is 11.6 Å². The van der Waals surface area contributed by atoms with Gasteiger partial charge in [0.1, 0.15) is 0 Å². The molecule has 0 amide bonds. The molecule has 1 unspecified atom stereocenters.